The lowest BCUT2D eigenvalue weighted by Gasteiger charge is -2.56. The van der Waals surface area contributed by atoms with Crippen molar-refractivity contribution >= 4 is 5.91 Å². The van der Waals surface area contributed by atoms with Crippen molar-refractivity contribution in [3.05, 3.63) is 29.6 Å². The summed E-state index contributed by atoms with van der Waals surface area (Å²) >= 11 is 0. The molecule has 2 unspecified atom stereocenters. The molecule has 4 rings (SSSR count). The number of pyridine rings is 1. The summed E-state index contributed by atoms with van der Waals surface area (Å²) in [6, 6.07) is 3.86. The highest BCUT2D eigenvalue weighted by Crippen LogP contribution is 2.55. The first-order valence-corrected chi connectivity index (χ1v) is 9.06. The van der Waals surface area contributed by atoms with Crippen LogP contribution in [0.25, 0.3) is 0 Å². The molecule has 2 aliphatic carbocycles. The molecule has 1 saturated heterocycles. The van der Waals surface area contributed by atoms with Gasteiger partial charge in [0.2, 0.25) is 0 Å². The number of nitrogens with zero attached hydrogens (tertiary/aromatic N) is 2. The minimum Gasteiger partial charge on any atom is -0.373 e. The molecule has 1 aliphatic heterocycles. The third-order valence-electron chi connectivity index (χ3n) is 6.74. The van der Waals surface area contributed by atoms with Crippen LogP contribution in [0.1, 0.15) is 55.1 Å². The van der Waals surface area contributed by atoms with E-state index in [1.165, 1.54) is 32.1 Å². The van der Waals surface area contributed by atoms with Crippen molar-refractivity contribution in [3.8, 4) is 0 Å². The van der Waals surface area contributed by atoms with E-state index in [2.05, 4.69) is 16.8 Å². The number of hydrogen-bond acceptors (Lipinski definition) is 4. The average Bonchev–Trinajstić information content (AvgIpc) is 3.32. The van der Waals surface area contributed by atoms with E-state index in [1.807, 2.05) is 19.2 Å². The molecule has 2 N–H and O–H groups in total. The van der Waals surface area contributed by atoms with Crippen LogP contribution in [-0.2, 0) is 10.3 Å². The second kappa shape index (κ2) is 5.53. The molecule has 0 aromatic carbocycles. The minimum absolute atomic E-state index is 0.312. The molecule has 1 aromatic heterocycles. The molecule has 2 heterocycles. The molecular weight excluding hydrogens is 302 g/mol. The van der Waals surface area contributed by atoms with Crippen molar-refractivity contribution < 1.29 is 9.53 Å². The van der Waals surface area contributed by atoms with Crippen LogP contribution < -0.4 is 5.73 Å². The summed E-state index contributed by atoms with van der Waals surface area (Å²) in [5.74, 6) is 0.433. The third kappa shape index (κ3) is 2.29. The molecule has 5 heteroatoms. The Morgan fingerprint density at radius 1 is 1.33 bits per heavy atom. The molecule has 3 aliphatic rings. The molecule has 24 heavy (non-hydrogen) atoms. The van der Waals surface area contributed by atoms with Gasteiger partial charge in [-0.05, 0) is 50.3 Å². The summed E-state index contributed by atoms with van der Waals surface area (Å²) in [6.45, 7) is 4.55. The van der Waals surface area contributed by atoms with Crippen LogP contribution in [0.5, 0.6) is 0 Å². The smallest absolute Gasteiger partial charge is 0.267 e. The lowest BCUT2D eigenvalue weighted by molar-refractivity contribution is -0.175. The molecule has 0 radical (unpaired) electrons. The Morgan fingerprint density at radius 3 is 2.54 bits per heavy atom. The van der Waals surface area contributed by atoms with Crippen molar-refractivity contribution in [2.24, 2.45) is 17.6 Å². The van der Waals surface area contributed by atoms with Gasteiger partial charge in [-0.25, -0.2) is 0 Å². The number of piperidine rings is 1. The number of methoxy groups -OCH3 is 1. The highest BCUT2D eigenvalue weighted by molar-refractivity contribution is 5.90. The zero-order chi connectivity index (χ0) is 16.9. The summed E-state index contributed by atoms with van der Waals surface area (Å²) in [6.07, 6.45) is 7.93. The number of aromatic nitrogens is 1. The van der Waals surface area contributed by atoms with Gasteiger partial charge in [0.05, 0.1) is 0 Å². The molecule has 2 bridgehead atoms. The van der Waals surface area contributed by atoms with E-state index in [9.17, 15) is 4.79 Å². The third-order valence-corrected chi connectivity index (χ3v) is 6.74. The van der Waals surface area contributed by atoms with Crippen LogP contribution >= 0.6 is 0 Å². The van der Waals surface area contributed by atoms with Crippen molar-refractivity contribution in [2.75, 3.05) is 20.2 Å². The van der Waals surface area contributed by atoms with Gasteiger partial charge in [0.25, 0.3) is 5.91 Å². The fraction of sp³-hybridized carbons (Fsp3) is 0.684. The molecule has 3 fully saturated rings. The fourth-order valence-electron chi connectivity index (χ4n) is 5.10. The second-order valence-corrected chi connectivity index (χ2v) is 8.02. The molecule has 1 amide bonds. The van der Waals surface area contributed by atoms with E-state index in [4.69, 9.17) is 10.5 Å². The Hall–Kier alpha value is -1.46. The molecular formula is C19H27N3O2. The molecule has 130 valence electrons. The number of ether oxygens (including phenoxy) is 1. The highest BCUT2D eigenvalue weighted by Gasteiger charge is 2.57. The number of carbonyl (C=O) groups excluding carboxylic acids is 1. The van der Waals surface area contributed by atoms with E-state index in [-0.39, 0.29) is 5.60 Å². The quantitative estimate of drug-likeness (QED) is 0.920. The fourth-order valence-corrected chi connectivity index (χ4v) is 5.10. The summed E-state index contributed by atoms with van der Waals surface area (Å²) in [5.41, 5.74) is 6.95. The predicted octanol–water partition coefficient (Wildman–Crippen LogP) is 2.31. The summed E-state index contributed by atoms with van der Waals surface area (Å²) < 4.78 is 6.24. The predicted molar refractivity (Wildman–Crippen MR) is 91.5 cm³/mol. The van der Waals surface area contributed by atoms with Gasteiger partial charge >= 0.3 is 0 Å². The zero-order valence-corrected chi connectivity index (χ0v) is 14.6. The van der Waals surface area contributed by atoms with Gasteiger partial charge in [-0.3, -0.25) is 14.7 Å². The SMILES string of the molecule is COC1(c2ccnc(C(N)=O)c2)C2CCCC1CN(C1(C)CC1)C2. The molecule has 0 spiro atoms. The number of likely N-dealkylation sites (tertiary alicyclic amines) is 1. The number of carbonyl (C=O) groups is 1. The van der Waals surface area contributed by atoms with Crippen LogP contribution in [0, 0.1) is 11.8 Å². The standard InChI is InChI=1S/C19H27N3O2/c1-18(7-8-18)22-11-14-4-3-5-15(12-22)19(14,24-2)13-6-9-21-16(10-13)17(20)23/h6,9-10,14-15H,3-5,7-8,11-12H2,1-2H3,(H2,20,23). The number of rotatable bonds is 4. The Bertz CT molecular complexity index is 642. The molecule has 2 saturated carbocycles. The van der Waals surface area contributed by atoms with Gasteiger partial charge in [0.15, 0.2) is 0 Å². The Kier molecular flexibility index (Phi) is 3.69. The van der Waals surface area contributed by atoms with Crippen LogP contribution in [0.3, 0.4) is 0 Å². The zero-order valence-electron chi connectivity index (χ0n) is 14.6. The Balaban J connectivity index is 1.73. The van der Waals surface area contributed by atoms with Crippen molar-refractivity contribution in [1.29, 1.82) is 0 Å². The lowest BCUT2D eigenvalue weighted by Crippen LogP contribution is -2.61. The maximum absolute atomic E-state index is 11.6. The van der Waals surface area contributed by atoms with E-state index in [0.29, 0.717) is 23.1 Å². The number of primary amides is 1. The van der Waals surface area contributed by atoms with E-state index >= 15 is 0 Å². The maximum atomic E-state index is 11.6. The summed E-state index contributed by atoms with van der Waals surface area (Å²) in [7, 11) is 1.82. The van der Waals surface area contributed by atoms with Crippen LogP contribution in [-0.4, -0.2) is 41.5 Å². The molecule has 2 atom stereocenters. The van der Waals surface area contributed by atoms with Crippen LogP contribution in [0.2, 0.25) is 0 Å². The van der Waals surface area contributed by atoms with Gasteiger partial charge in [0.1, 0.15) is 11.3 Å². The van der Waals surface area contributed by atoms with Gasteiger partial charge < -0.3 is 10.5 Å². The van der Waals surface area contributed by atoms with Gasteiger partial charge in [-0.15, -0.1) is 0 Å². The number of fused-ring (bicyclic) bond motifs is 2. The van der Waals surface area contributed by atoms with Crippen LogP contribution in [0.15, 0.2) is 18.3 Å². The number of hydrogen-bond donors (Lipinski definition) is 1. The van der Waals surface area contributed by atoms with Gasteiger partial charge in [-0.1, -0.05) is 6.42 Å². The van der Waals surface area contributed by atoms with E-state index < -0.39 is 5.91 Å². The van der Waals surface area contributed by atoms with Crippen LogP contribution in [0.4, 0.5) is 0 Å². The Morgan fingerprint density at radius 2 is 2.00 bits per heavy atom. The van der Waals surface area contributed by atoms with Gasteiger partial charge in [-0.2, -0.15) is 0 Å². The first kappa shape index (κ1) is 16.0. The van der Waals surface area contributed by atoms with Crippen molar-refractivity contribution in [2.45, 2.75) is 50.2 Å². The Labute approximate surface area is 143 Å². The average molecular weight is 329 g/mol. The minimum atomic E-state index is -0.476. The summed E-state index contributed by atoms with van der Waals surface area (Å²) in [4.78, 5) is 18.4. The first-order valence-electron chi connectivity index (χ1n) is 9.06. The first-order chi connectivity index (χ1) is 11.5. The van der Waals surface area contributed by atoms with Crippen molar-refractivity contribution in [1.82, 2.24) is 9.88 Å². The summed E-state index contributed by atoms with van der Waals surface area (Å²) in [5, 5.41) is 0. The number of amides is 1. The highest BCUT2D eigenvalue weighted by atomic mass is 16.5. The second-order valence-electron chi connectivity index (χ2n) is 8.02. The normalized spacial score (nSPS) is 34.8. The maximum Gasteiger partial charge on any atom is 0.267 e. The lowest BCUT2D eigenvalue weighted by atomic mass is 9.62. The molecule has 5 nitrogen and oxygen atoms in total. The number of nitrogens with two attached hydrogens (primary N) is 1. The van der Waals surface area contributed by atoms with E-state index in [0.717, 1.165) is 18.7 Å². The van der Waals surface area contributed by atoms with Crippen molar-refractivity contribution in [3.63, 3.8) is 0 Å². The van der Waals surface area contributed by atoms with Gasteiger partial charge in [0, 0.05) is 43.8 Å². The largest absolute Gasteiger partial charge is 0.373 e. The van der Waals surface area contributed by atoms with E-state index in [1.54, 1.807) is 6.20 Å². The topological polar surface area (TPSA) is 68.5 Å². The monoisotopic (exact) mass is 329 g/mol. The molecule has 1 aromatic rings.